The van der Waals surface area contributed by atoms with Crippen molar-refractivity contribution in [1.82, 2.24) is 0 Å². The van der Waals surface area contributed by atoms with Crippen LogP contribution >= 0.6 is 0 Å². The number of fused-ring (bicyclic) bond motifs is 1. The van der Waals surface area contributed by atoms with Crippen molar-refractivity contribution >= 4 is 5.78 Å². The summed E-state index contributed by atoms with van der Waals surface area (Å²) in [6.45, 7) is 8.09. The molecule has 0 heterocycles. The molecule has 0 amide bonds. The van der Waals surface area contributed by atoms with E-state index in [9.17, 15) is 9.90 Å². The molecule has 0 spiro atoms. The molecule has 0 aromatic carbocycles. The molecule has 0 aromatic rings. The highest BCUT2D eigenvalue weighted by Gasteiger charge is 2.38. The second-order valence-corrected chi connectivity index (χ2v) is 5.35. The average molecular weight is 220 g/mol. The smallest absolute Gasteiger partial charge is 0.184 e. The van der Waals surface area contributed by atoms with Crippen molar-refractivity contribution in [3.63, 3.8) is 0 Å². The number of carbonyl (C=O) groups is 1. The molecule has 1 unspecified atom stereocenters. The summed E-state index contributed by atoms with van der Waals surface area (Å²) in [7, 11) is 0. The number of aliphatic hydroxyl groups is 1. The zero-order chi connectivity index (χ0) is 11.9. The maximum atomic E-state index is 11.5. The summed E-state index contributed by atoms with van der Waals surface area (Å²) in [6.07, 6.45) is 4.03. The minimum Gasteiger partial charge on any atom is -0.385 e. The van der Waals surface area contributed by atoms with E-state index in [0.717, 1.165) is 19.3 Å². The van der Waals surface area contributed by atoms with Crippen LogP contribution in [0.15, 0.2) is 23.8 Å². The number of ketones is 1. The summed E-state index contributed by atoms with van der Waals surface area (Å²) in [5, 5.41) is 9.79. The van der Waals surface area contributed by atoms with E-state index in [-0.39, 0.29) is 11.7 Å². The molecule has 0 saturated heterocycles. The van der Waals surface area contributed by atoms with Crippen LogP contribution in [0.25, 0.3) is 0 Å². The number of allylic oxidation sites excluding steroid dienone is 2. The molecule has 2 rings (SSSR count). The van der Waals surface area contributed by atoms with Crippen molar-refractivity contribution in [3.8, 4) is 0 Å². The fourth-order valence-electron chi connectivity index (χ4n) is 3.03. The summed E-state index contributed by atoms with van der Waals surface area (Å²) in [6, 6.07) is 0. The van der Waals surface area contributed by atoms with Crippen LogP contribution in [0.1, 0.15) is 33.1 Å². The van der Waals surface area contributed by atoms with Crippen LogP contribution in [0.5, 0.6) is 0 Å². The maximum absolute atomic E-state index is 11.5. The second-order valence-electron chi connectivity index (χ2n) is 5.35. The second kappa shape index (κ2) is 4.17. The molecule has 16 heavy (non-hydrogen) atoms. The summed E-state index contributed by atoms with van der Waals surface area (Å²) in [4.78, 5) is 11.5. The first kappa shape index (κ1) is 11.6. The van der Waals surface area contributed by atoms with Crippen molar-refractivity contribution in [1.29, 1.82) is 0 Å². The average Bonchev–Trinajstić information content (AvgIpc) is 2.25. The first-order valence-electron chi connectivity index (χ1n) is 6.08. The minimum atomic E-state index is -0.794. The standard InChI is InChI=1S/C14H20O2/c1-8(2)10-4-5-11-7-13(15)14(16)9(3)12(11)6-10/h7,9-10,12,14,16H,1,4-6H2,2-3H3/t9-,10?,12-,14+/m0/s1. The van der Waals surface area contributed by atoms with Gasteiger partial charge in [-0.05, 0) is 50.0 Å². The molecule has 1 saturated carbocycles. The van der Waals surface area contributed by atoms with Gasteiger partial charge in [0.1, 0.15) is 6.10 Å². The molecule has 0 bridgehead atoms. The lowest BCUT2D eigenvalue weighted by Gasteiger charge is -2.39. The van der Waals surface area contributed by atoms with Gasteiger partial charge in [-0.1, -0.05) is 24.6 Å². The molecule has 0 aromatic heterocycles. The Kier molecular flexibility index (Phi) is 3.02. The van der Waals surface area contributed by atoms with Crippen molar-refractivity contribution in [2.45, 2.75) is 39.2 Å². The predicted octanol–water partition coefficient (Wildman–Crippen LogP) is 2.48. The maximum Gasteiger partial charge on any atom is 0.184 e. The number of hydrogen-bond acceptors (Lipinski definition) is 2. The van der Waals surface area contributed by atoms with E-state index >= 15 is 0 Å². The molecule has 0 radical (unpaired) electrons. The minimum absolute atomic E-state index is 0.0645. The molecule has 2 aliphatic rings. The molecule has 88 valence electrons. The predicted molar refractivity (Wildman–Crippen MR) is 63.9 cm³/mol. The van der Waals surface area contributed by atoms with Crippen molar-refractivity contribution in [2.75, 3.05) is 0 Å². The van der Waals surface area contributed by atoms with Gasteiger partial charge in [-0.25, -0.2) is 0 Å². The lowest BCUT2D eigenvalue weighted by molar-refractivity contribution is -0.126. The largest absolute Gasteiger partial charge is 0.385 e. The van der Waals surface area contributed by atoms with E-state index in [2.05, 4.69) is 13.5 Å². The molecule has 1 fully saturated rings. The van der Waals surface area contributed by atoms with E-state index in [1.807, 2.05) is 6.92 Å². The van der Waals surface area contributed by atoms with Crippen LogP contribution in [0.2, 0.25) is 0 Å². The van der Waals surface area contributed by atoms with E-state index in [0.29, 0.717) is 11.8 Å². The van der Waals surface area contributed by atoms with Gasteiger partial charge in [0.15, 0.2) is 5.78 Å². The number of hydrogen-bond donors (Lipinski definition) is 1. The third-order valence-electron chi connectivity index (χ3n) is 4.24. The molecule has 0 aliphatic heterocycles. The summed E-state index contributed by atoms with van der Waals surface area (Å²) < 4.78 is 0. The van der Waals surface area contributed by atoms with Gasteiger partial charge >= 0.3 is 0 Å². The number of rotatable bonds is 1. The van der Waals surface area contributed by atoms with Crippen molar-refractivity contribution < 1.29 is 9.90 Å². The van der Waals surface area contributed by atoms with Gasteiger partial charge in [-0.2, -0.15) is 0 Å². The summed E-state index contributed by atoms with van der Waals surface area (Å²) >= 11 is 0. The first-order chi connectivity index (χ1) is 7.50. The Balaban J connectivity index is 2.22. The molecule has 2 aliphatic carbocycles. The van der Waals surface area contributed by atoms with Crippen LogP contribution in [0, 0.1) is 17.8 Å². The topological polar surface area (TPSA) is 37.3 Å². The van der Waals surface area contributed by atoms with Gasteiger partial charge in [0.2, 0.25) is 0 Å². The van der Waals surface area contributed by atoms with Crippen molar-refractivity contribution in [2.24, 2.45) is 17.8 Å². The normalized spacial score (nSPS) is 38.9. The van der Waals surface area contributed by atoms with Gasteiger partial charge in [0, 0.05) is 0 Å². The van der Waals surface area contributed by atoms with Crippen LogP contribution in [0.4, 0.5) is 0 Å². The molecule has 1 N–H and O–H groups in total. The van der Waals surface area contributed by atoms with Gasteiger partial charge < -0.3 is 5.11 Å². The van der Waals surface area contributed by atoms with E-state index in [4.69, 9.17) is 0 Å². The Morgan fingerprint density at radius 3 is 2.88 bits per heavy atom. The zero-order valence-electron chi connectivity index (χ0n) is 10.1. The van der Waals surface area contributed by atoms with Gasteiger partial charge in [0.05, 0.1) is 0 Å². The molecule has 2 heteroatoms. The van der Waals surface area contributed by atoms with Gasteiger partial charge in [-0.15, -0.1) is 0 Å². The number of carbonyl (C=O) groups excluding carboxylic acids is 1. The van der Waals surface area contributed by atoms with E-state index in [1.54, 1.807) is 6.08 Å². The van der Waals surface area contributed by atoms with Crippen molar-refractivity contribution in [3.05, 3.63) is 23.8 Å². The Hall–Kier alpha value is -0.890. The SMILES string of the molecule is C=C(C)C1CCC2=CC(=O)[C@H](O)[C@@H](C)[C@@H]2C1. The quantitative estimate of drug-likeness (QED) is 0.689. The first-order valence-corrected chi connectivity index (χ1v) is 6.08. The number of aliphatic hydroxyl groups excluding tert-OH is 1. The lowest BCUT2D eigenvalue weighted by atomic mass is 9.66. The van der Waals surface area contributed by atoms with Crippen LogP contribution in [-0.2, 0) is 4.79 Å². The van der Waals surface area contributed by atoms with Crippen LogP contribution < -0.4 is 0 Å². The Labute approximate surface area is 97.0 Å². The Morgan fingerprint density at radius 2 is 2.25 bits per heavy atom. The van der Waals surface area contributed by atoms with Gasteiger partial charge in [-0.3, -0.25) is 4.79 Å². The highest BCUT2D eigenvalue weighted by molar-refractivity contribution is 5.95. The summed E-state index contributed by atoms with van der Waals surface area (Å²) in [5.74, 6) is 0.898. The Morgan fingerprint density at radius 1 is 1.56 bits per heavy atom. The third-order valence-corrected chi connectivity index (χ3v) is 4.24. The molecular formula is C14H20O2. The summed E-state index contributed by atoms with van der Waals surface area (Å²) in [5.41, 5.74) is 2.48. The fourth-order valence-corrected chi connectivity index (χ4v) is 3.03. The molecule has 2 nitrogen and oxygen atoms in total. The van der Waals surface area contributed by atoms with Crippen LogP contribution in [-0.4, -0.2) is 17.0 Å². The van der Waals surface area contributed by atoms with Gasteiger partial charge in [0.25, 0.3) is 0 Å². The fraction of sp³-hybridized carbons (Fsp3) is 0.643. The monoisotopic (exact) mass is 220 g/mol. The molecular weight excluding hydrogens is 200 g/mol. The lowest BCUT2D eigenvalue weighted by Crippen LogP contribution is -2.39. The highest BCUT2D eigenvalue weighted by atomic mass is 16.3. The third kappa shape index (κ3) is 1.86. The zero-order valence-corrected chi connectivity index (χ0v) is 10.1. The van der Waals surface area contributed by atoms with Crippen LogP contribution in [0.3, 0.4) is 0 Å². The van der Waals surface area contributed by atoms with E-state index < -0.39 is 6.10 Å². The molecule has 4 atom stereocenters. The Bertz CT molecular complexity index is 354. The van der Waals surface area contributed by atoms with E-state index in [1.165, 1.54) is 11.1 Å². The highest BCUT2D eigenvalue weighted by Crippen LogP contribution is 2.43.